The van der Waals surface area contributed by atoms with Crippen molar-refractivity contribution in [3.05, 3.63) is 82.1 Å². The Morgan fingerprint density at radius 2 is 1.93 bits per heavy atom. The van der Waals surface area contributed by atoms with E-state index in [4.69, 9.17) is 5.41 Å². The first-order valence-electron chi connectivity index (χ1n) is 10.5. The summed E-state index contributed by atoms with van der Waals surface area (Å²) in [5, 5.41) is 11.0. The highest BCUT2D eigenvalue weighted by Gasteiger charge is 2.34. The molecule has 0 unspecified atom stereocenters. The van der Waals surface area contributed by atoms with Crippen LogP contribution in [0.1, 0.15) is 63.9 Å². The van der Waals surface area contributed by atoms with Crippen LogP contribution in [0, 0.1) is 12.3 Å². The zero-order valence-corrected chi connectivity index (χ0v) is 17.3. The van der Waals surface area contributed by atoms with Gasteiger partial charge in [-0.05, 0) is 72.3 Å². The van der Waals surface area contributed by atoms with Crippen molar-refractivity contribution in [1.29, 1.82) is 5.41 Å². The van der Waals surface area contributed by atoms with Gasteiger partial charge in [0, 0.05) is 25.2 Å². The minimum Gasteiger partial charge on any atom is -0.394 e. The topological polar surface area (TPSA) is 56.2 Å². The molecule has 1 fully saturated rings. The molecule has 2 N–H and O–H groups in total. The van der Waals surface area contributed by atoms with Crippen molar-refractivity contribution in [3.63, 3.8) is 0 Å². The molecule has 29 heavy (non-hydrogen) atoms. The van der Waals surface area contributed by atoms with Crippen molar-refractivity contribution in [3.8, 4) is 0 Å². The van der Waals surface area contributed by atoms with E-state index in [0.717, 1.165) is 36.9 Å². The molecule has 0 saturated heterocycles. The Balaban J connectivity index is 1.51. The van der Waals surface area contributed by atoms with Crippen LogP contribution < -0.4 is 5.32 Å². The monoisotopic (exact) mass is 387 g/mol. The third kappa shape index (κ3) is 3.98. The first-order chi connectivity index (χ1) is 14.1. The van der Waals surface area contributed by atoms with E-state index >= 15 is 0 Å². The minimum absolute atomic E-state index is 0.216. The Hall–Kier alpha value is -2.88. The van der Waals surface area contributed by atoms with Crippen molar-refractivity contribution < 1.29 is 4.79 Å². The molecule has 2 aromatic rings. The maximum Gasteiger partial charge on any atom is 0.254 e. The van der Waals surface area contributed by atoms with Gasteiger partial charge in [-0.15, -0.1) is 0 Å². The highest BCUT2D eigenvalue weighted by molar-refractivity contribution is 6.06. The van der Waals surface area contributed by atoms with E-state index < -0.39 is 0 Å². The van der Waals surface area contributed by atoms with E-state index in [9.17, 15) is 4.79 Å². The summed E-state index contributed by atoms with van der Waals surface area (Å²) >= 11 is 0. The third-order valence-electron chi connectivity index (χ3n) is 6.24. The number of rotatable bonds is 6. The van der Waals surface area contributed by atoms with Gasteiger partial charge in [-0.2, -0.15) is 0 Å². The number of carbonyl (C=O) groups is 1. The summed E-state index contributed by atoms with van der Waals surface area (Å²) in [6.07, 6.45) is 9.10. The fourth-order valence-corrected chi connectivity index (χ4v) is 4.54. The lowest BCUT2D eigenvalue weighted by Gasteiger charge is -2.23. The average molecular weight is 388 g/mol. The predicted octanol–water partition coefficient (Wildman–Crippen LogP) is 4.59. The van der Waals surface area contributed by atoms with Crippen molar-refractivity contribution in [2.45, 2.75) is 51.6 Å². The largest absolute Gasteiger partial charge is 0.394 e. The van der Waals surface area contributed by atoms with Gasteiger partial charge in [-0.1, -0.05) is 43.2 Å². The standard InChI is InChI=1S/C25H29N3O/c1-17-13-21-16-28(22-5-3-4-6-22)25(29)23(21)15-20(17)14-18-7-9-19(10-8-18)24(26)11-12-27-2/h7-13,15,22,26-27H,3-6,14,16H2,1-2H3/b12-11-,26-24?. The van der Waals surface area contributed by atoms with Crippen LogP contribution in [0.5, 0.6) is 0 Å². The SMILES string of the molecule is CN/C=C\C(=N)c1ccc(Cc2cc3c(cc2C)CN(C2CCCC2)C3=O)cc1. The molecule has 150 valence electrons. The van der Waals surface area contributed by atoms with E-state index in [1.807, 2.05) is 19.2 Å². The second kappa shape index (κ2) is 8.24. The van der Waals surface area contributed by atoms with Gasteiger partial charge in [0.25, 0.3) is 5.91 Å². The smallest absolute Gasteiger partial charge is 0.254 e. The van der Waals surface area contributed by atoms with Gasteiger partial charge in [0.1, 0.15) is 0 Å². The van der Waals surface area contributed by atoms with Crippen molar-refractivity contribution in [1.82, 2.24) is 10.2 Å². The number of amides is 1. The highest BCUT2D eigenvalue weighted by atomic mass is 16.2. The molecular formula is C25H29N3O. The molecule has 4 nitrogen and oxygen atoms in total. The molecule has 0 radical (unpaired) electrons. The maximum atomic E-state index is 13.0. The molecule has 0 spiro atoms. The normalized spacial score (nSPS) is 16.6. The number of nitrogens with one attached hydrogen (secondary N) is 2. The Bertz CT molecular complexity index is 953. The van der Waals surface area contributed by atoms with Gasteiger partial charge < -0.3 is 15.6 Å². The van der Waals surface area contributed by atoms with Gasteiger partial charge >= 0.3 is 0 Å². The Morgan fingerprint density at radius 3 is 2.62 bits per heavy atom. The molecule has 1 aliphatic heterocycles. The number of hydrogen-bond acceptors (Lipinski definition) is 3. The highest BCUT2D eigenvalue weighted by Crippen LogP contribution is 2.33. The lowest BCUT2D eigenvalue weighted by molar-refractivity contribution is 0.0707. The number of hydrogen-bond donors (Lipinski definition) is 2. The molecule has 4 heteroatoms. The van der Waals surface area contributed by atoms with Crippen molar-refractivity contribution in [2.75, 3.05) is 7.05 Å². The fraction of sp³-hybridized carbons (Fsp3) is 0.360. The third-order valence-corrected chi connectivity index (χ3v) is 6.24. The molecule has 0 atom stereocenters. The Kier molecular flexibility index (Phi) is 5.52. The van der Waals surface area contributed by atoms with Crippen LogP contribution in [0.4, 0.5) is 0 Å². The predicted molar refractivity (Wildman–Crippen MR) is 118 cm³/mol. The van der Waals surface area contributed by atoms with E-state index in [0.29, 0.717) is 11.8 Å². The quantitative estimate of drug-likeness (QED) is 0.713. The first kappa shape index (κ1) is 19.4. The van der Waals surface area contributed by atoms with Crippen molar-refractivity contribution >= 4 is 11.6 Å². The Labute approximate surface area is 173 Å². The summed E-state index contributed by atoms with van der Waals surface area (Å²) in [4.78, 5) is 15.1. The van der Waals surface area contributed by atoms with E-state index in [2.05, 4.69) is 41.4 Å². The lowest BCUT2D eigenvalue weighted by atomic mass is 9.95. The molecule has 1 heterocycles. The Morgan fingerprint density at radius 1 is 1.21 bits per heavy atom. The van der Waals surface area contributed by atoms with Gasteiger partial charge in [0.2, 0.25) is 0 Å². The zero-order valence-electron chi connectivity index (χ0n) is 17.3. The molecule has 1 amide bonds. The van der Waals surface area contributed by atoms with Crippen LogP contribution in [-0.2, 0) is 13.0 Å². The molecule has 1 saturated carbocycles. The van der Waals surface area contributed by atoms with E-state index in [1.165, 1.54) is 35.1 Å². The summed E-state index contributed by atoms with van der Waals surface area (Å²) in [7, 11) is 1.82. The first-order valence-corrected chi connectivity index (χ1v) is 10.5. The second-order valence-electron chi connectivity index (χ2n) is 8.22. The van der Waals surface area contributed by atoms with Crippen LogP contribution in [0.3, 0.4) is 0 Å². The number of allylic oxidation sites excluding steroid dienone is 1. The van der Waals surface area contributed by atoms with Crippen LogP contribution in [0.15, 0.2) is 48.7 Å². The number of carbonyl (C=O) groups excluding carboxylic acids is 1. The number of nitrogens with zero attached hydrogens (tertiary/aromatic N) is 1. The van der Waals surface area contributed by atoms with E-state index in [1.54, 1.807) is 12.3 Å². The van der Waals surface area contributed by atoms with Crippen LogP contribution in [-0.4, -0.2) is 29.6 Å². The molecule has 1 aliphatic carbocycles. The molecule has 0 aromatic heterocycles. The summed E-state index contributed by atoms with van der Waals surface area (Å²) in [5.74, 6) is 0.216. The summed E-state index contributed by atoms with van der Waals surface area (Å²) in [5.41, 5.74) is 7.11. The maximum absolute atomic E-state index is 13.0. The van der Waals surface area contributed by atoms with Crippen LogP contribution in [0.25, 0.3) is 0 Å². The average Bonchev–Trinajstić information content (AvgIpc) is 3.36. The molecular weight excluding hydrogens is 358 g/mol. The summed E-state index contributed by atoms with van der Waals surface area (Å²) in [6.45, 7) is 2.92. The number of fused-ring (bicyclic) bond motifs is 1. The van der Waals surface area contributed by atoms with Crippen molar-refractivity contribution in [2.24, 2.45) is 0 Å². The molecule has 2 aliphatic rings. The summed E-state index contributed by atoms with van der Waals surface area (Å²) < 4.78 is 0. The van der Waals surface area contributed by atoms with E-state index in [-0.39, 0.29) is 5.91 Å². The fourth-order valence-electron chi connectivity index (χ4n) is 4.54. The lowest BCUT2D eigenvalue weighted by Crippen LogP contribution is -2.33. The second-order valence-corrected chi connectivity index (χ2v) is 8.22. The number of benzene rings is 2. The molecule has 4 rings (SSSR count). The minimum atomic E-state index is 0.216. The van der Waals surface area contributed by atoms with Crippen LogP contribution >= 0.6 is 0 Å². The van der Waals surface area contributed by atoms with Gasteiger partial charge in [-0.3, -0.25) is 4.79 Å². The van der Waals surface area contributed by atoms with Gasteiger partial charge in [0.15, 0.2) is 0 Å². The zero-order chi connectivity index (χ0) is 20.4. The van der Waals surface area contributed by atoms with Crippen LogP contribution in [0.2, 0.25) is 0 Å². The van der Waals surface area contributed by atoms with Gasteiger partial charge in [0.05, 0.1) is 5.71 Å². The number of aryl methyl sites for hydroxylation is 1. The van der Waals surface area contributed by atoms with Gasteiger partial charge in [-0.25, -0.2) is 0 Å². The molecule has 2 aromatic carbocycles. The molecule has 0 bridgehead atoms. The summed E-state index contributed by atoms with van der Waals surface area (Å²) in [6, 6.07) is 12.9.